The number of halogens is 4. The monoisotopic (exact) mass is 531 g/mol. The molecule has 0 aromatic heterocycles. The SMILES string of the molecule is C[C@@H]1C[C@H](C(=O)N[C@@H](c2ccc(C(F)(F)F)cc2F)C2COC2)N(C(=O)c2cccc(C(C)(C)C#N)c2)C1. The van der Waals surface area contributed by atoms with Gasteiger partial charge in [0.15, 0.2) is 0 Å². The smallest absolute Gasteiger partial charge is 0.381 e. The number of alkyl halides is 3. The Morgan fingerprint density at radius 2 is 1.84 bits per heavy atom. The molecule has 2 aromatic carbocycles. The van der Waals surface area contributed by atoms with Crippen molar-refractivity contribution in [2.75, 3.05) is 19.8 Å². The second-order valence-electron chi connectivity index (χ2n) is 10.6. The van der Waals surface area contributed by atoms with Crippen molar-refractivity contribution in [1.29, 1.82) is 5.26 Å². The van der Waals surface area contributed by atoms with Gasteiger partial charge in [-0.05, 0) is 56.0 Å². The quantitative estimate of drug-likeness (QED) is 0.532. The first kappa shape index (κ1) is 27.6. The number of hydrogen-bond acceptors (Lipinski definition) is 4. The van der Waals surface area contributed by atoms with Gasteiger partial charge in [-0.1, -0.05) is 25.1 Å². The minimum absolute atomic E-state index is 0.0155. The van der Waals surface area contributed by atoms with Crippen molar-refractivity contribution in [3.63, 3.8) is 0 Å². The lowest BCUT2D eigenvalue weighted by molar-refractivity contribution is -0.138. The molecule has 4 rings (SSSR count). The number of nitrogens with one attached hydrogen (secondary N) is 1. The van der Waals surface area contributed by atoms with Crippen LogP contribution in [0.3, 0.4) is 0 Å². The molecule has 3 atom stereocenters. The molecule has 2 amide bonds. The summed E-state index contributed by atoms with van der Waals surface area (Å²) < 4.78 is 59.2. The highest BCUT2D eigenvalue weighted by Gasteiger charge is 2.41. The van der Waals surface area contributed by atoms with Crippen LogP contribution in [0, 0.1) is 29.0 Å². The minimum atomic E-state index is -4.70. The van der Waals surface area contributed by atoms with Crippen LogP contribution in [-0.2, 0) is 21.1 Å². The molecule has 1 N–H and O–H groups in total. The number of likely N-dealkylation sites (tertiary alicyclic amines) is 1. The normalized spacial score (nSPS) is 20.9. The Kier molecular flexibility index (Phi) is 7.53. The lowest BCUT2D eigenvalue weighted by Gasteiger charge is -2.36. The lowest BCUT2D eigenvalue weighted by atomic mass is 9.85. The van der Waals surface area contributed by atoms with Gasteiger partial charge in [-0.15, -0.1) is 0 Å². The van der Waals surface area contributed by atoms with Gasteiger partial charge >= 0.3 is 6.18 Å². The van der Waals surface area contributed by atoms with Gasteiger partial charge in [0.1, 0.15) is 11.9 Å². The van der Waals surface area contributed by atoms with E-state index in [-0.39, 0.29) is 36.5 Å². The van der Waals surface area contributed by atoms with E-state index in [9.17, 15) is 32.4 Å². The standard InChI is InChI=1S/C28H29F4N3O3/c1-16-9-23(35(12-16)26(37)17-5-4-6-19(10-17)27(2,3)15-33)25(36)34-24(18-13-38-14-18)21-8-7-20(11-22(21)29)28(30,31)32/h4-8,10-11,16,18,23-24H,9,12-14H2,1-3H3,(H,34,36)/t16-,23-,24-/m1/s1. The van der Waals surface area contributed by atoms with Crippen molar-refractivity contribution < 1.29 is 31.9 Å². The van der Waals surface area contributed by atoms with Crippen LogP contribution in [-0.4, -0.2) is 42.5 Å². The molecule has 2 saturated heterocycles. The highest BCUT2D eigenvalue weighted by Crippen LogP contribution is 2.35. The molecule has 0 bridgehead atoms. The summed E-state index contributed by atoms with van der Waals surface area (Å²) in [6.07, 6.45) is -4.32. The molecule has 0 aliphatic carbocycles. The fourth-order valence-electron chi connectivity index (χ4n) is 4.89. The molecule has 38 heavy (non-hydrogen) atoms. The molecular formula is C28H29F4N3O3. The Bertz CT molecular complexity index is 1270. The maximum atomic E-state index is 14.9. The third kappa shape index (κ3) is 5.53. The molecular weight excluding hydrogens is 502 g/mol. The number of carbonyl (C=O) groups is 2. The van der Waals surface area contributed by atoms with Crippen molar-refractivity contribution in [3.05, 3.63) is 70.5 Å². The Labute approximate surface area is 218 Å². The molecule has 0 radical (unpaired) electrons. The number of rotatable bonds is 6. The molecule has 10 heteroatoms. The van der Waals surface area contributed by atoms with E-state index in [0.717, 1.165) is 12.1 Å². The van der Waals surface area contributed by atoms with Crippen molar-refractivity contribution in [1.82, 2.24) is 10.2 Å². The maximum Gasteiger partial charge on any atom is 0.416 e. The van der Waals surface area contributed by atoms with Gasteiger partial charge in [-0.2, -0.15) is 18.4 Å². The largest absolute Gasteiger partial charge is 0.416 e. The van der Waals surface area contributed by atoms with Gasteiger partial charge in [0, 0.05) is 23.6 Å². The molecule has 2 heterocycles. The summed E-state index contributed by atoms with van der Waals surface area (Å²) in [6, 6.07) is 9.45. The second-order valence-corrected chi connectivity index (χ2v) is 10.6. The third-order valence-electron chi connectivity index (χ3n) is 7.28. The van der Waals surface area contributed by atoms with Crippen LogP contribution in [0.15, 0.2) is 42.5 Å². The van der Waals surface area contributed by atoms with Crippen LogP contribution in [0.4, 0.5) is 17.6 Å². The molecule has 2 aliphatic heterocycles. The summed E-state index contributed by atoms with van der Waals surface area (Å²) in [5, 5.41) is 12.3. The van der Waals surface area contributed by atoms with E-state index in [0.29, 0.717) is 30.2 Å². The second kappa shape index (κ2) is 10.4. The highest BCUT2D eigenvalue weighted by molar-refractivity contribution is 5.98. The zero-order valence-electron chi connectivity index (χ0n) is 21.3. The molecule has 0 saturated carbocycles. The van der Waals surface area contributed by atoms with E-state index in [1.807, 2.05) is 6.92 Å². The zero-order chi connectivity index (χ0) is 27.8. The number of nitriles is 1. The third-order valence-corrected chi connectivity index (χ3v) is 7.28. The van der Waals surface area contributed by atoms with E-state index in [4.69, 9.17) is 4.74 Å². The van der Waals surface area contributed by atoms with Gasteiger partial charge in [0.05, 0.1) is 36.3 Å². The summed E-state index contributed by atoms with van der Waals surface area (Å²) in [5.41, 5.74) is -0.973. The van der Waals surface area contributed by atoms with Gasteiger partial charge in [-0.3, -0.25) is 9.59 Å². The zero-order valence-corrected chi connectivity index (χ0v) is 21.3. The number of ether oxygens (including phenoxy) is 1. The average molecular weight is 532 g/mol. The van der Waals surface area contributed by atoms with Crippen LogP contribution in [0.2, 0.25) is 0 Å². The molecule has 0 unspecified atom stereocenters. The first-order valence-corrected chi connectivity index (χ1v) is 12.4. The van der Waals surface area contributed by atoms with Gasteiger partial charge < -0.3 is 15.0 Å². The van der Waals surface area contributed by atoms with Gasteiger partial charge in [0.25, 0.3) is 5.91 Å². The predicted octanol–water partition coefficient (Wildman–Crippen LogP) is 5.00. The summed E-state index contributed by atoms with van der Waals surface area (Å²) in [7, 11) is 0. The first-order valence-electron chi connectivity index (χ1n) is 12.4. The van der Waals surface area contributed by atoms with E-state index in [2.05, 4.69) is 11.4 Å². The Hall–Kier alpha value is -3.45. The maximum absolute atomic E-state index is 14.9. The molecule has 2 aliphatic rings. The number of benzene rings is 2. The lowest BCUT2D eigenvalue weighted by Crippen LogP contribution is -2.50. The predicted molar refractivity (Wildman–Crippen MR) is 130 cm³/mol. The van der Waals surface area contributed by atoms with Gasteiger partial charge in [0.2, 0.25) is 5.91 Å². The minimum Gasteiger partial charge on any atom is -0.381 e. The van der Waals surface area contributed by atoms with Crippen molar-refractivity contribution in [2.24, 2.45) is 11.8 Å². The average Bonchev–Trinajstić information content (AvgIpc) is 3.23. The number of hydrogen-bond donors (Lipinski definition) is 1. The van der Waals surface area contributed by atoms with Crippen LogP contribution < -0.4 is 5.32 Å². The molecule has 2 fully saturated rings. The highest BCUT2D eigenvalue weighted by atomic mass is 19.4. The van der Waals surface area contributed by atoms with Crippen molar-refractivity contribution in [3.8, 4) is 6.07 Å². The van der Waals surface area contributed by atoms with Crippen LogP contribution in [0.5, 0.6) is 0 Å². The number of nitrogens with zero attached hydrogens (tertiary/aromatic N) is 2. The summed E-state index contributed by atoms with van der Waals surface area (Å²) in [4.78, 5) is 28.4. The summed E-state index contributed by atoms with van der Waals surface area (Å²) in [5.74, 6) is -2.25. The van der Waals surface area contributed by atoms with E-state index < -0.39 is 41.0 Å². The fourth-order valence-corrected chi connectivity index (χ4v) is 4.89. The van der Waals surface area contributed by atoms with E-state index >= 15 is 0 Å². The Morgan fingerprint density at radius 1 is 1.13 bits per heavy atom. The number of carbonyl (C=O) groups excluding carboxylic acids is 2. The van der Waals surface area contributed by atoms with Crippen LogP contribution in [0.25, 0.3) is 0 Å². The Morgan fingerprint density at radius 3 is 2.42 bits per heavy atom. The van der Waals surface area contributed by atoms with Crippen LogP contribution >= 0.6 is 0 Å². The molecule has 6 nitrogen and oxygen atoms in total. The Balaban J connectivity index is 1.58. The molecule has 202 valence electrons. The number of amides is 2. The van der Waals surface area contributed by atoms with E-state index in [1.165, 1.54) is 4.90 Å². The van der Waals surface area contributed by atoms with E-state index in [1.54, 1.807) is 38.1 Å². The summed E-state index contributed by atoms with van der Waals surface area (Å²) in [6.45, 7) is 6.17. The summed E-state index contributed by atoms with van der Waals surface area (Å²) >= 11 is 0. The molecule has 0 spiro atoms. The molecule has 2 aromatic rings. The van der Waals surface area contributed by atoms with Crippen molar-refractivity contribution in [2.45, 2.75) is 50.9 Å². The topological polar surface area (TPSA) is 82.4 Å². The first-order chi connectivity index (χ1) is 17.8. The fraction of sp³-hybridized carbons (Fsp3) is 0.464. The van der Waals surface area contributed by atoms with Crippen LogP contribution in [0.1, 0.15) is 60.3 Å². The van der Waals surface area contributed by atoms with Gasteiger partial charge in [-0.25, -0.2) is 4.39 Å². The van der Waals surface area contributed by atoms with Crippen molar-refractivity contribution >= 4 is 11.8 Å².